The van der Waals surface area contributed by atoms with Crippen molar-refractivity contribution >= 4 is 35.5 Å². The highest BCUT2D eigenvalue weighted by Gasteiger charge is 2.34. The molecule has 10 N–H and O–H groups in total. The van der Waals surface area contributed by atoms with Gasteiger partial charge < -0.3 is 43.2 Å². The van der Waals surface area contributed by atoms with Crippen molar-refractivity contribution in [1.82, 2.24) is 26.6 Å². The third kappa shape index (κ3) is 11.6. The zero-order valence-electron chi connectivity index (χ0n) is 23.2. The van der Waals surface area contributed by atoms with Gasteiger partial charge in [0.1, 0.15) is 24.2 Å². The van der Waals surface area contributed by atoms with E-state index < -0.39 is 66.1 Å². The van der Waals surface area contributed by atoms with Crippen molar-refractivity contribution in [3.05, 3.63) is 0 Å². The van der Waals surface area contributed by atoms with Crippen molar-refractivity contribution in [1.29, 1.82) is 0 Å². The number of carboxylic acids is 1. The van der Waals surface area contributed by atoms with Gasteiger partial charge in [-0.2, -0.15) is 0 Å². The van der Waals surface area contributed by atoms with Crippen molar-refractivity contribution in [3.63, 3.8) is 0 Å². The SMILES string of the molecule is CC(C)[C@H](NC(=O)[C@H](CCCCN)NC(=O)[C@@H](NC(=O)[C@@H]1CCCN1)C(C)C)C(=O)N[C@@H](CC(N)=O)C(=O)O. The fourth-order valence-electron chi connectivity index (χ4n) is 4.17. The molecule has 0 radical (unpaired) electrons. The summed E-state index contributed by atoms with van der Waals surface area (Å²) in [4.78, 5) is 74.6. The average Bonchev–Trinajstić information content (AvgIpc) is 3.39. The van der Waals surface area contributed by atoms with Crippen LogP contribution in [0.3, 0.4) is 0 Å². The van der Waals surface area contributed by atoms with Crippen molar-refractivity contribution in [3.8, 4) is 0 Å². The van der Waals surface area contributed by atoms with Crippen LogP contribution < -0.4 is 38.1 Å². The number of hydrogen-bond acceptors (Lipinski definition) is 8. The number of primary amides is 1. The van der Waals surface area contributed by atoms with Gasteiger partial charge in [-0.15, -0.1) is 0 Å². The Balaban J connectivity index is 3.02. The Kier molecular flexibility index (Phi) is 14.4. The highest BCUT2D eigenvalue weighted by Crippen LogP contribution is 2.11. The van der Waals surface area contributed by atoms with E-state index in [0.29, 0.717) is 25.8 Å². The minimum atomic E-state index is -1.56. The molecule has 0 bridgehead atoms. The Morgan fingerprint density at radius 1 is 0.846 bits per heavy atom. The molecule has 0 saturated carbocycles. The predicted molar refractivity (Wildman–Crippen MR) is 143 cm³/mol. The minimum Gasteiger partial charge on any atom is -0.480 e. The van der Waals surface area contributed by atoms with E-state index in [1.807, 2.05) is 0 Å². The average molecular weight is 556 g/mol. The second kappa shape index (κ2) is 16.6. The largest absolute Gasteiger partial charge is 0.480 e. The fourth-order valence-corrected chi connectivity index (χ4v) is 4.17. The monoisotopic (exact) mass is 555 g/mol. The Bertz CT molecular complexity index is 875. The van der Waals surface area contributed by atoms with Crippen LogP contribution in [-0.2, 0) is 28.8 Å². The molecule has 0 aromatic heterocycles. The molecule has 0 aromatic rings. The van der Waals surface area contributed by atoms with Gasteiger partial charge >= 0.3 is 5.97 Å². The van der Waals surface area contributed by atoms with E-state index in [0.717, 1.165) is 13.0 Å². The standard InChI is InChI=1S/C25H45N7O7/c1-13(2)19(31-21(34)15-9-7-11-28-15)23(36)29-16(8-5-6-10-26)22(35)32-20(14(3)4)24(37)30-17(25(38)39)12-18(27)33/h13-17,19-20,28H,5-12,26H2,1-4H3,(H2,27,33)(H,29,36)(H,30,37)(H,31,34)(H,32,35)(H,38,39)/t15-,16-,17-,19-,20-/m0/s1. The summed E-state index contributed by atoms with van der Waals surface area (Å²) in [5, 5.41) is 22.7. The van der Waals surface area contributed by atoms with Crippen LogP contribution in [0.1, 0.15) is 66.2 Å². The van der Waals surface area contributed by atoms with Gasteiger partial charge in [-0.1, -0.05) is 27.7 Å². The van der Waals surface area contributed by atoms with Crippen molar-refractivity contribution in [2.24, 2.45) is 23.3 Å². The smallest absolute Gasteiger partial charge is 0.326 e. The van der Waals surface area contributed by atoms with Crippen molar-refractivity contribution in [2.45, 2.75) is 96.4 Å². The maximum Gasteiger partial charge on any atom is 0.326 e. The lowest BCUT2D eigenvalue weighted by Gasteiger charge is -2.28. The lowest BCUT2D eigenvalue weighted by atomic mass is 9.99. The summed E-state index contributed by atoms with van der Waals surface area (Å²) in [5.74, 6) is -5.37. The summed E-state index contributed by atoms with van der Waals surface area (Å²) in [6.07, 6.45) is 2.25. The number of nitrogens with one attached hydrogen (secondary N) is 5. The molecule has 5 atom stereocenters. The molecule has 14 nitrogen and oxygen atoms in total. The number of rotatable bonds is 17. The highest BCUT2D eigenvalue weighted by atomic mass is 16.4. The number of carbonyl (C=O) groups excluding carboxylic acids is 5. The second-order valence-corrected chi connectivity index (χ2v) is 10.5. The van der Waals surface area contributed by atoms with Gasteiger partial charge in [0.2, 0.25) is 29.5 Å². The molecule has 1 saturated heterocycles. The van der Waals surface area contributed by atoms with Gasteiger partial charge in [0.05, 0.1) is 12.5 Å². The molecule has 0 unspecified atom stereocenters. The molecule has 0 aromatic carbocycles. The molecule has 1 aliphatic heterocycles. The number of hydrogen-bond donors (Lipinski definition) is 8. The van der Waals surface area contributed by atoms with Gasteiger partial charge in [-0.3, -0.25) is 24.0 Å². The lowest BCUT2D eigenvalue weighted by Crippen LogP contribution is -2.60. The third-order valence-corrected chi connectivity index (χ3v) is 6.47. The number of carbonyl (C=O) groups is 6. The topological polar surface area (TPSA) is 235 Å². The number of nitrogens with two attached hydrogens (primary N) is 2. The first-order valence-corrected chi connectivity index (χ1v) is 13.4. The van der Waals surface area contributed by atoms with Gasteiger partial charge in [0.25, 0.3) is 0 Å². The molecular weight excluding hydrogens is 510 g/mol. The Labute approximate surface area is 229 Å². The molecule has 1 rings (SSSR count). The molecular formula is C25H45N7O7. The van der Waals surface area contributed by atoms with Crippen LogP contribution in [-0.4, -0.2) is 83.9 Å². The molecule has 5 amide bonds. The Morgan fingerprint density at radius 2 is 1.41 bits per heavy atom. The number of aliphatic carboxylic acids is 1. The van der Waals surface area contributed by atoms with E-state index in [-0.39, 0.29) is 24.3 Å². The normalized spacial score (nSPS) is 18.1. The molecule has 14 heteroatoms. The summed E-state index contributed by atoms with van der Waals surface area (Å²) in [7, 11) is 0. The Morgan fingerprint density at radius 3 is 1.87 bits per heavy atom. The fraction of sp³-hybridized carbons (Fsp3) is 0.760. The predicted octanol–water partition coefficient (Wildman–Crippen LogP) is -1.92. The summed E-state index contributed by atoms with van der Waals surface area (Å²) in [6, 6.07) is -5.02. The minimum absolute atomic E-state index is 0.226. The maximum atomic E-state index is 13.3. The zero-order chi connectivity index (χ0) is 29.7. The van der Waals surface area contributed by atoms with Crippen LogP contribution in [0.4, 0.5) is 0 Å². The van der Waals surface area contributed by atoms with Crippen LogP contribution in [0.15, 0.2) is 0 Å². The third-order valence-electron chi connectivity index (χ3n) is 6.47. The van der Waals surface area contributed by atoms with E-state index in [9.17, 15) is 33.9 Å². The second-order valence-electron chi connectivity index (χ2n) is 10.5. The molecule has 0 spiro atoms. The molecule has 1 fully saturated rings. The van der Waals surface area contributed by atoms with Crippen molar-refractivity contribution < 1.29 is 33.9 Å². The number of carboxylic acid groups (broad SMARTS) is 1. The van der Waals surface area contributed by atoms with E-state index in [1.54, 1.807) is 27.7 Å². The lowest BCUT2D eigenvalue weighted by molar-refractivity contribution is -0.144. The number of unbranched alkanes of at least 4 members (excludes halogenated alkanes) is 1. The number of amides is 5. The molecule has 222 valence electrons. The van der Waals surface area contributed by atoms with Crippen LogP contribution in [0.2, 0.25) is 0 Å². The first kappa shape index (κ1) is 33.8. The summed E-state index contributed by atoms with van der Waals surface area (Å²) in [5.41, 5.74) is 10.7. The van der Waals surface area contributed by atoms with E-state index in [1.165, 1.54) is 0 Å². The van der Waals surface area contributed by atoms with Gasteiger partial charge in [-0.25, -0.2) is 4.79 Å². The Hall–Kier alpha value is -3.26. The summed E-state index contributed by atoms with van der Waals surface area (Å²) < 4.78 is 0. The summed E-state index contributed by atoms with van der Waals surface area (Å²) >= 11 is 0. The van der Waals surface area contributed by atoms with Crippen LogP contribution in [0, 0.1) is 11.8 Å². The molecule has 1 heterocycles. The molecule has 0 aliphatic carbocycles. The quantitative estimate of drug-likeness (QED) is 0.0932. The summed E-state index contributed by atoms with van der Waals surface area (Å²) in [6.45, 7) is 7.96. The zero-order valence-corrected chi connectivity index (χ0v) is 23.2. The molecule has 39 heavy (non-hydrogen) atoms. The highest BCUT2D eigenvalue weighted by molar-refractivity contribution is 5.96. The first-order chi connectivity index (χ1) is 18.3. The maximum absolute atomic E-state index is 13.3. The first-order valence-electron chi connectivity index (χ1n) is 13.4. The van der Waals surface area contributed by atoms with E-state index in [4.69, 9.17) is 11.5 Å². The van der Waals surface area contributed by atoms with Gasteiger partial charge in [0.15, 0.2) is 0 Å². The van der Waals surface area contributed by atoms with Crippen LogP contribution >= 0.6 is 0 Å². The van der Waals surface area contributed by atoms with Crippen molar-refractivity contribution in [2.75, 3.05) is 13.1 Å². The van der Waals surface area contributed by atoms with Gasteiger partial charge in [0, 0.05) is 0 Å². The van der Waals surface area contributed by atoms with Gasteiger partial charge in [-0.05, 0) is 57.0 Å². The van der Waals surface area contributed by atoms with Crippen LogP contribution in [0.25, 0.3) is 0 Å². The van der Waals surface area contributed by atoms with E-state index >= 15 is 0 Å². The van der Waals surface area contributed by atoms with Crippen LogP contribution in [0.5, 0.6) is 0 Å². The molecule has 1 aliphatic rings. The van der Waals surface area contributed by atoms with E-state index in [2.05, 4.69) is 26.6 Å².